The van der Waals surface area contributed by atoms with E-state index in [1.54, 1.807) is 0 Å². The molecule has 3 aromatic rings. The zero-order valence-corrected chi connectivity index (χ0v) is 15.5. The largest absolute Gasteiger partial charge is 0.506 e. The fourth-order valence-corrected chi connectivity index (χ4v) is 3.96. The van der Waals surface area contributed by atoms with E-state index in [9.17, 15) is 15.0 Å². The molecule has 29 heavy (non-hydrogen) atoms. The summed E-state index contributed by atoms with van der Waals surface area (Å²) in [7, 11) is 0. The van der Waals surface area contributed by atoms with Crippen molar-refractivity contribution in [3.63, 3.8) is 0 Å². The number of aryl methyl sites for hydroxylation is 2. The van der Waals surface area contributed by atoms with Crippen LogP contribution in [0.25, 0.3) is 10.9 Å². The van der Waals surface area contributed by atoms with Crippen molar-refractivity contribution >= 4 is 10.9 Å². The highest BCUT2D eigenvalue weighted by Crippen LogP contribution is 2.30. The van der Waals surface area contributed by atoms with Crippen molar-refractivity contribution in [2.75, 3.05) is 6.54 Å². The number of phenolic OH excluding ortho intramolecular Hbond substituents is 1. The molecule has 4 rings (SSSR count). The van der Waals surface area contributed by atoms with Crippen molar-refractivity contribution in [3.05, 3.63) is 74.6 Å². The van der Waals surface area contributed by atoms with Crippen LogP contribution in [-0.4, -0.2) is 27.8 Å². The molecule has 1 atom stereocenters. The first-order chi connectivity index (χ1) is 17.8. The summed E-state index contributed by atoms with van der Waals surface area (Å²) in [6.07, 6.45) is -6.42. The number of phenols is 1. The number of H-pyrrole nitrogens is 1. The summed E-state index contributed by atoms with van der Waals surface area (Å²) in [5.74, 6) is -0.140. The average molecular weight is 403 g/mol. The normalized spacial score (nSPS) is 22.0. The number of aromatic nitrogens is 1. The molecule has 0 saturated heterocycles. The van der Waals surface area contributed by atoms with Crippen LogP contribution in [0.2, 0.25) is 0 Å². The molecule has 2 aromatic carbocycles. The standard InChI is InChI=1S/C24H28N2O3/c1-3-14-9-16-11-18(12-17(16)10-15(14)4-2)25-13-22(28)19-5-7-21(27)24-20(19)6-8-23(29)26-24/h5-10,18,22,25,27-28H,3-4,11-13H2,1-2H3,(H,26,29)/t22-/m0/s1/i1D3,2D3,3D2,4D2. The Labute approximate surface area is 184 Å². The second-order valence-electron chi connectivity index (χ2n) is 7.23. The molecule has 0 unspecified atom stereocenters. The van der Waals surface area contributed by atoms with Crippen LogP contribution in [0.1, 0.15) is 61.3 Å². The van der Waals surface area contributed by atoms with Crippen LogP contribution in [0.15, 0.2) is 41.2 Å². The Morgan fingerprint density at radius 1 is 1.17 bits per heavy atom. The van der Waals surface area contributed by atoms with E-state index in [2.05, 4.69) is 10.3 Å². The topological polar surface area (TPSA) is 85.3 Å². The third-order valence-corrected chi connectivity index (χ3v) is 5.41. The highest BCUT2D eigenvalue weighted by atomic mass is 16.3. The molecule has 0 spiro atoms. The maximum absolute atomic E-state index is 11.7. The van der Waals surface area contributed by atoms with Gasteiger partial charge in [0.25, 0.3) is 0 Å². The number of hydrogen-bond acceptors (Lipinski definition) is 4. The molecule has 0 bridgehead atoms. The van der Waals surface area contributed by atoms with Gasteiger partial charge in [0, 0.05) is 37.7 Å². The molecule has 0 radical (unpaired) electrons. The van der Waals surface area contributed by atoms with Gasteiger partial charge in [-0.3, -0.25) is 4.79 Å². The molecule has 4 N–H and O–H groups in total. The monoisotopic (exact) mass is 402 g/mol. The summed E-state index contributed by atoms with van der Waals surface area (Å²) in [5, 5.41) is 24.6. The lowest BCUT2D eigenvalue weighted by Gasteiger charge is -2.18. The maximum atomic E-state index is 11.7. The minimum Gasteiger partial charge on any atom is -0.506 e. The number of aliphatic hydroxyl groups is 1. The Morgan fingerprint density at radius 3 is 2.52 bits per heavy atom. The summed E-state index contributed by atoms with van der Waals surface area (Å²) in [4.78, 5) is 14.2. The fourth-order valence-electron chi connectivity index (χ4n) is 3.96. The summed E-state index contributed by atoms with van der Waals surface area (Å²) in [5.41, 5.74) is 0.324. The summed E-state index contributed by atoms with van der Waals surface area (Å²) >= 11 is 0. The Balaban J connectivity index is 1.62. The molecule has 1 aromatic heterocycles. The van der Waals surface area contributed by atoms with Crippen molar-refractivity contribution < 1.29 is 23.9 Å². The molecular weight excluding hydrogens is 364 g/mol. The van der Waals surface area contributed by atoms with E-state index in [0.29, 0.717) is 34.9 Å². The highest BCUT2D eigenvalue weighted by Gasteiger charge is 2.23. The lowest BCUT2D eigenvalue weighted by molar-refractivity contribution is 0.171. The number of pyridine rings is 1. The van der Waals surface area contributed by atoms with Gasteiger partial charge < -0.3 is 20.5 Å². The number of fused-ring (bicyclic) bond motifs is 2. The van der Waals surface area contributed by atoms with Gasteiger partial charge in [0.05, 0.1) is 11.6 Å². The first kappa shape index (κ1) is 11.0. The Morgan fingerprint density at radius 2 is 1.86 bits per heavy atom. The van der Waals surface area contributed by atoms with Crippen molar-refractivity contribution in [1.29, 1.82) is 0 Å². The van der Waals surface area contributed by atoms with Crippen molar-refractivity contribution in [2.45, 2.75) is 51.4 Å². The number of hydrogen-bond donors (Lipinski definition) is 4. The van der Waals surface area contributed by atoms with Crippen LogP contribution < -0.4 is 10.9 Å². The second kappa shape index (κ2) is 8.01. The first-order valence-electron chi connectivity index (χ1n) is 14.3. The lowest BCUT2D eigenvalue weighted by Crippen LogP contribution is -2.33. The van der Waals surface area contributed by atoms with E-state index < -0.39 is 49.2 Å². The summed E-state index contributed by atoms with van der Waals surface area (Å²) < 4.78 is 79.0. The van der Waals surface area contributed by atoms with Crippen molar-refractivity contribution in [1.82, 2.24) is 10.3 Å². The zero-order chi connectivity index (χ0) is 29.1. The Hall–Kier alpha value is -2.63. The number of nitrogens with one attached hydrogen (secondary N) is 2. The van der Waals surface area contributed by atoms with E-state index in [1.807, 2.05) is 0 Å². The van der Waals surface area contributed by atoms with Gasteiger partial charge >= 0.3 is 0 Å². The van der Waals surface area contributed by atoms with E-state index in [1.165, 1.54) is 36.4 Å². The van der Waals surface area contributed by atoms with Crippen LogP contribution in [0.3, 0.4) is 0 Å². The number of aromatic hydroxyl groups is 1. The zero-order valence-electron chi connectivity index (χ0n) is 25.5. The van der Waals surface area contributed by atoms with Crippen LogP contribution in [0.4, 0.5) is 0 Å². The SMILES string of the molecule is [2H]C([2H])([2H])C([2H])([2H])c1cc2c(cc1C([2H])([2H])C([2H])([2H])[2H])CC(NC[C@H](O)c1ccc(O)c3[nH]c(=O)ccc13)C2. The van der Waals surface area contributed by atoms with E-state index in [0.717, 1.165) is 0 Å². The molecule has 0 saturated carbocycles. The van der Waals surface area contributed by atoms with Gasteiger partial charge in [-0.15, -0.1) is 0 Å². The molecule has 0 aliphatic heterocycles. The summed E-state index contributed by atoms with van der Waals surface area (Å²) in [6, 6.07) is 7.90. The van der Waals surface area contributed by atoms with Gasteiger partial charge in [-0.2, -0.15) is 0 Å². The molecule has 1 aliphatic rings. The van der Waals surface area contributed by atoms with Crippen LogP contribution in [0.5, 0.6) is 5.75 Å². The van der Waals surface area contributed by atoms with E-state index in [-0.39, 0.29) is 23.9 Å². The molecule has 1 heterocycles. The van der Waals surface area contributed by atoms with Gasteiger partial charge in [-0.25, -0.2) is 0 Å². The Kier molecular flexibility index (Phi) is 3.02. The predicted octanol–water partition coefficient (Wildman–Crippen LogP) is 3.15. The molecule has 0 fully saturated rings. The maximum Gasteiger partial charge on any atom is 0.248 e. The van der Waals surface area contributed by atoms with E-state index in [4.69, 9.17) is 13.7 Å². The second-order valence-corrected chi connectivity index (χ2v) is 7.23. The summed E-state index contributed by atoms with van der Waals surface area (Å²) in [6.45, 7) is -6.28. The number of aliphatic hydroxyl groups excluding tert-OH is 1. The minimum atomic E-state index is -3.17. The van der Waals surface area contributed by atoms with Gasteiger partial charge in [0.2, 0.25) is 5.56 Å². The molecule has 1 aliphatic carbocycles. The van der Waals surface area contributed by atoms with Crippen LogP contribution >= 0.6 is 0 Å². The number of rotatable bonds is 6. The quantitative estimate of drug-likeness (QED) is 0.510. The predicted molar refractivity (Wildman–Crippen MR) is 116 cm³/mol. The smallest absolute Gasteiger partial charge is 0.248 e. The third kappa shape index (κ3) is 3.80. The highest BCUT2D eigenvalue weighted by molar-refractivity contribution is 5.87. The van der Waals surface area contributed by atoms with Gasteiger partial charge in [0.15, 0.2) is 0 Å². The van der Waals surface area contributed by atoms with Crippen molar-refractivity contribution in [3.8, 4) is 5.75 Å². The van der Waals surface area contributed by atoms with Crippen LogP contribution in [-0.2, 0) is 25.6 Å². The molecule has 5 nitrogen and oxygen atoms in total. The van der Waals surface area contributed by atoms with Crippen molar-refractivity contribution in [2.24, 2.45) is 0 Å². The minimum absolute atomic E-state index is 0.0591. The fraction of sp³-hybridized carbons (Fsp3) is 0.375. The first-order valence-corrected chi connectivity index (χ1v) is 9.27. The average Bonchev–Trinajstić information content (AvgIpc) is 3.23. The third-order valence-electron chi connectivity index (χ3n) is 5.41. The van der Waals surface area contributed by atoms with Crippen LogP contribution in [0, 0.1) is 0 Å². The molecule has 5 heteroatoms. The van der Waals surface area contributed by atoms with Gasteiger partial charge in [0.1, 0.15) is 5.75 Å². The Bertz CT molecular complexity index is 1410. The number of benzene rings is 2. The molecular formula is C24H28N2O3. The van der Waals surface area contributed by atoms with E-state index >= 15 is 0 Å². The van der Waals surface area contributed by atoms with Gasteiger partial charge in [-0.05, 0) is 65.5 Å². The number of aromatic amines is 1. The molecule has 0 amide bonds. The van der Waals surface area contributed by atoms with Gasteiger partial charge in [-0.1, -0.05) is 31.9 Å². The lowest BCUT2D eigenvalue weighted by atomic mass is 9.97. The molecule has 152 valence electrons.